The van der Waals surface area contributed by atoms with Crippen LogP contribution in [0.2, 0.25) is 0 Å². The van der Waals surface area contributed by atoms with Gasteiger partial charge in [-0.1, -0.05) is 24.3 Å². The van der Waals surface area contributed by atoms with Crippen molar-refractivity contribution in [1.82, 2.24) is 10.3 Å². The van der Waals surface area contributed by atoms with Gasteiger partial charge in [0.15, 0.2) is 5.52 Å². The van der Waals surface area contributed by atoms with E-state index in [0.29, 0.717) is 5.52 Å². The van der Waals surface area contributed by atoms with Crippen LogP contribution in [0.3, 0.4) is 0 Å². The highest BCUT2D eigenvalue weighted by atomic mass is 32.2. The first-order chi connectivity index (χ1) is 11.9. The number of hydrogen-bond donors (Lipinski definition) is 1. The second kappa shape index (κ2) is 6.64. The number of ether oxygens (including phenoxy) is 1. The monoisotopic (exact) mass is 335 g/mol. The summed E-state index contributed by atoms with van der Waals surface area (Å²) in [5, 5.41) is 7.74. The fourth-order valence-corrected chi connectivity index (χ4v) is 2.87. The van der Waals surface area contributed by atoms with E-state index in [0.717, 1.165) is 27.6 Å². The third-order valence-electron chi connectivity index (χ3n) is 3.37. The van der Waals surface area contributed by atoms with E-state index in [4.69, 9.17) is 9.37 Å². The Bertz CT molecular complexity index is 939. The number of aromatic nitrogens is 2. The number of para-hydroxylation sites is 1. The molecule has 0 bridgehead atoms. The van der Waals surface area contributed by atoms with E-state index in [2.05, 4.69) is 15.0 Å². The molecule has 0 fully saturated rings. The quantitative estimate of drug-likeness (QED) is 0.510. The highest BCUT2D eigenvalue weighted by Gasteiger charge is 2.06. The molecule has 4 aromatic rings. The molecule has 6 heteroatoms. The van der Waals surface area contributed by atoms with E-state index < -0.39 is 0 Å². The fourth-order valence-electron chi connectivity index (χ4n) is 2.20. The van der Waals surface area contributed by atoms with Crippen molar-refractivity contribution < 1.29 is 9.37 Å². The standard InChI is InChI=1S/C18H13N3O2S/c1-2-5-13(6-3-1)22-14-9-11-15(12-10-14)24-21-17-8-4-7-16-18(17)20-23-19-16/h1-12,21H. The van der Waals surface area contributed by atoms with Gasteiger partial charge in [-0.3, -0.25) is 0 Å². The molecule has 5 nitrogen and oxygen atoms in total. The number of benzene rings is 3. The van der Waals surface area contributed by atoms with E-state index in [9.17, 15) is 0 Å². The topological polar surface area (TPSA) is 60.2 Å². The molecule has 0 saturated heterocycles. The third kappa shape index (κ3) is 3.18. The first-order valence-electron chi connectivity index (χ1n) is 7.35. The lowest BCUT2D eigenvalue weighted by molar-refractivity contribution is 0.315. The molecule has 118 valence electrons. The summed E-state index contributed by atoms with van der Waals surface area (Å²) in [7, 11) is 0. The molecule has 0 spiro atoms. The lowest BCUT2D eigenvalue weighted by Crippen LogP contribution is -1.88. The van der Waals surface area contributed by atoms with E-state index in [1.807, 2.05) is 72.8 Å². The Balaban J connectivity index is 1.43. The van der Waals surface area contributed by atoms with Gasteiger partial charge in [-0.2, -0.15) is 0 Å². The summed E-state index contributed by atoms with van der Waals surface area (Å²) < 4.78 is 13.8. The Hall–Kier alpha value is -2.99. The highest BCUT2D eigenvalue weighted by molar-refractivity contribution is 8.00. The summed E-state index contributed by atoms with van der Waals surface area (Å²) in [5.41, 5.74) is 2.31. The Kier molecular flexibility index (Phi) is 4.04. The van der Waals surface area contributed by atoms with Crippen molar-refractivity contribution in [3.8, 4) is 11.5 Å². The first-order valence-corrected chi connectivity index (χ1v) is 8.17. The minimum absolute atomic E-state index is 0.717. The second-order valence-electron chi connectivity index (χ2n) is 5.03. The SMILES string of the molecule is c1ccc(Oc2ccc(SNc3cccc4nonc34)cc2)cc1. The molecule has 1 heterocycles. The van der Waals surface area contributed by atoms with Gasteiger partial charge < -0.3 is 9.46 Å². The zero-order valence-electron chi connectivity index (χ0n) is 12.5. The van der Waals surface area contributed by atoms with Gasteiger partial charge in [-0.05, 0) is 70.8 Å². The Morgan fingerprint density at radius 1 is 0.792 bits per heavy atom. The molecule has 1 N–H and O–H groups in total. The van der Waals surface area contributed by atoms with Crippen molar-refractivity contribution in [1.29, 1.82) is 0 Å². The molecule has 0 amide bonds. The van der Waals surface area contributed by atoms with Gasteiger partial charge in [0.25, 0.3) is 0 Å². The molecular weight excluding hydrogens is 322 g/mol. The van der Waals surface area contributed by atoms with Gasteiger partial charge in [-0.25, -0.2) is 4.63 Å². The van der Waals surface area contributed by atoms with Crippen LogP contribution in [-0.2, 0) is 0 Å². The van der Waals surface area contributed by atoms with Gasteiger partial charge in [0, 0.05) is 4.90 Å². The lowest BCUT2D eigenvalue weighted by Gasteiger charge is -2.08. The molecule has 24 heavy (non-hydrogen) atoms. The summed E-state index contributed by atoms with van der Waals surface area (Å²) in [6.07, 6.45) is 0. The van der Waals surface area contributed by atoms with Crippen molar-refractivity contribution in [3.63, 3.8) is 0 Å². The van der Waals surface area contributed by atoms with Crippen molar-refractivity contribution in [3.05, 3.63) is 72.8 Å². The predicted octanol–water partition coefficient (Wildman–Crippen LogP) is 5.13. The lowest BCUT2D eigenvalue weighted by atomic mass is 10.3. The van der Waals surface area contributed by atoms with Crippen LogP contribution >= 0.6 is 11.9 Å². The van der Waals surface area contributed by atoms with Gasteiger partial charge in [0.05, 0.1) is 5.69 Å². The number of hydrogen-bond acceptors (Lipinski definition) is 6. The molecule has 0 saturated carbocycles. The van der Waals surface area contributed by atoms with Crippen molar-refractivity contribution in [2.75, 3.05) is 4.72 Å². The van der Waals surface area contributed by atoms with E-state index in [1.165, 1.54) is 11.9 Å². The predicted molar refractivity (Wildman–Crippen MR) is 94.2 cm³/mol. The van der Waals surface area contributed by atoms with Gasteiger partial charge in [0.1, 0.15) is 17.0 Å². The Morgan fingerprint density at radius 3 is 2.42 bits per heavy atom. The maximum atomic E-state index is 5.78. The summed E-state index contributed by atoms with van der Waals surface area (Å²) in [5.74, 6) is 1.62. The molecule has 0 aliphatic carbocycles. The van der Waals surface area contributed by atoms with Gasteiger partial charge in [0.2, 0.25) is 0 Å². The number of nitrogens with one attached hydrogen (secondary N) is 1. The van der Waals surface area contributed by atoms with Crippen LogP contribution < -0.4 is 9.46 Å². The summed E-state index contributed by atoms with van der Waals surface area (Å²) in [6, 6.07) is 23.3. The number of rotatable bonds is 5. The number of fused-ring (bicyclic) bond motifs is 1. The second-order valence-corrected chi connectivity index (χ2v) is 5.91. The molecule has 0 atom stereocenters. The zero-order valence-corrected chi connectivity index (χ0v) is 13.4. The molecule has 1 aromatic heterocycles. The summed E-state index contributed by atoms with van der Waals surface area (Å²) in [6.45, 7) is 0. The van der Waals surface area contributed by atoms with E-state index in [1.54, 1.807) is 0 Å². The average Bonchev–Trinajstić information content (AvgIpc) is 3.11. The summed E-state index contributed by atoms with van der Waals surface area (Å²) >= 11 is 1.49. The Labute approximate surface area is 142 Å². The smallest absolute Gasteiger partial charge is 0.159 e. The Morgan fingerprint density at radius 2 is 1.58 bits per heavy atom. The number of nitrogens with zero attached hydrogens (tertiary/aromatic N) is 2. The highest BCUT2D eigenvalue weighted by Crippen LogP contribution is 2.28. The fraction of sp³-hybridized carbons (Fsp3) is 0. The largest absolute Gasteiger partial charge is 0.457 e. The summed E-state index contributed by atoms with van der Waals surface area (Å²) in [4.78, 5) is 1.06. The third-order valence-corrected chi connectivity index (χ3v) is 4.20. The molecule has 0 unspecified atom stereocenters. The molecule has 0 aliphatic heterocycles. The molecule has 4 rings (SSSR count). The minimum Gasteiger partial charge on any atom is -0.457 e. The minimum atomic E-state index is 0.717. The van der Waals surface area contributed by atoms with Crippen LogP contribution in [0.1, 0.15) is 0 Å². The van der Waals surface area contributed by atoms with Crippen LogP contribution in [0.4, 0.5) is 5.69 Å². The van der Waals surface area contributed by atoms with Crippen molar-refractivity contribution >= 4 is 28.7 Å². The first kappa shape index (κ1) is 14.6. The van der Waals surface area contributed by atoms with Crippen molar-refractivity contribution in [2.24, 2.45) is 0 Å². The van der Waals surface area contributed by atoms with Crippen molar-refractivity contribution in [2.45, 2.75) is 4.90 Å². The van der Waals surface area contributed by atoms with E-state index >= 15 is 0 Å². The van der Waals surface area contributed by atoms with Crippen LogP contribution in [0.5, 0.6) is 11.5 Å². The van der Waals surface area contributed by atoms with Crippen LogP contribution in [0.15, 0.2) is 82.3 Å². The molecular formula is C18H13N3O2S. The van der Waals surface area contributed by atoms with Crippen LogP contribution in [-0.4, -0.2) is 10.3 Å². The molecule has 3 aromatic carbocycles. The van der Waals surface area contributed by atoms with Gasteiger partial charge in [-0.15, -0.1) is 0 Å². The zero-order chi connectivity index (χ0) is 16.2. The van der Waals surface area contributed by atoms with Gasteiger partial charge >= 0.3 is 0 Å². The maximum absolute atomic E-state index is 5.78. The van der Waals surface area contributed by atoms with E-state index in [-0.39, 0.29) is 0 Å². The maximum Gasteiger partial charge on any atom is 0.159 e. The number of anilines is 1. The average molecular weight is 335 g/mol. The van der Waals surface area contributed by atoms with Crippen LogP contribution in [0.25, 0.3) is 11.0 Å². The molecule has 0 aliphatic rings. The van der Waals surface area contributed by atoms with Crippen LogP contribution in [0, 0.1) is 0 Å². The normalized spacial score (nSPS) is 10.7. The molecule has 0 radical (unpaired) electrons.